The highest BCUT2D eigenvalue weighted by Gasteiger charge is 2.40. The summed E-state index contributed by atoms with van der Waals surface area (Å²) in [4.78, 5) is 31.0. The summed E-state index contributed by atoms with van der Waals surface area (Å²) in [7, 11) is -2.55. The minimum atomic E-state index is -4.73. The van der Waals surface area contributed by atoms with Gasteiger partial charge in [0, 0.05) is 9.79 Å². The van der Waals surface area contributed by atoms with Crippen LogP contribution in [0.2, 0.25) is 0 Å². The number of hydrogen-bond donors (Lipinski definition) is 0. The van der Waals surface area contributed by atoms with Gasteiger partial charge in [-0.25, -0.2) is 18.8 Å². The van der Waals surface area contributed by atoms with Crippen LogP contribution in [0.15, 0.2) is 44.0 Å². The molecule has 2 amide bonds. The lowest BCUT2D eigenvalue weighted by atomic mass is 10.2. The molecule has 0 spiro atoms. The summed E-state index contributed by atoms with van der Waals surface area (Å²) in [6.45, 7) is -0.547. The zero-order chi connectivity index (χ0) is 40.3. The predicted molar refractivity (Wildman–Crippen MR) is 184 cm³/mol. The first kappa shape index (κ1) is 50.0. The van der Waals surface area contributed by atoms with Crippen LogP contribution in [0.5, 0.6) is 0 Å². The summed E-state index contributed by atoms with van der Waals surface area (Å²) in [5, 5.41) is -0.783. The first-order valence-electron chi connectivity index (χ1n) is 14.0. The number of amidine groups is 2. The smallest absolute Gasteiger partial charge is 0.281 e. The SMILES string of the molecule is C.C.Cc1cc(F)c(N=C2SCC(=O)N2CC(F)(F)F)cc1S(=O)CC(F)(F)F.Cc1cc(F)c(N=C2SCC(=O)N2CC(F)(F)F)cc1SCC(F)(F)F. The number of carbonyl (C=O) groups is 2. The zero-order valence-electron chi connectivity index (χ0n) is 26.5. The number of amides is 2. The fraction of sp³-hybridized carbons (Fsp3) is 0.467. The van der Waals surface area contributed by atoms with Crippen LogP contribution in [0.3, 0.4) is 0 Å². The van der Waals surface area contributed by atoms with E-state index in [1.54, 1.807) is 0 Å². The molecule has 25 heteroatoms. The van der Waals surface area contributed by atoms with Gasteiger partial charge in [-0.05, 0) is 49.2 Å². The van der Waals surface area contributed by atoms with Crippen molar-refractivity contribution in [3.8, 4) is 0 Å². The van der Waals surface area contributed by atoms with Gasteiger partial charge in [-0.2, -0.15) is 52.7 Å². The molecule has 7 nitrogen and oxygen atoms in total. The number of carbonyl (C=O) groups excluding carboxylic acids is 2. The summed E-state index contributed by atoms with van der Waals surface area (Å²) < 4.78 is 190. The quantitative estimate of drug-likeness (QED) is 0.194. The Balaban J connectivity index is 0.000000531. The van der Waals surface area contributed by atoms with E-state index in [1.165, 1.54) is 13.8 Å². The van der Waals surface area contributed by atoms with Crippen molar-refractivity contribution in [2.24, 2.45) is 9.98 Å². The van der Waals surface area contributed by atoms with Crippen LogP contribution in [0, 0.1) is 25.5 Å². The highest BCUT2D eigenvalue weighted by Crippen LogP contribution is 2.36. The molecule has 2 aliphatic rings. The van der Waals surface area contributed by atoms with Crippen molar-refractivity contribution in [2.75, 3.05) is 36.1 Å². The Labute approximate surface area is 320 Å². The maximum atomic E-state index is 14.1. The molecule has 0 aromatic heterocycles. The van der Waals surface area contributed by atoms with Gasteiger partial charge in [-0.1, -0.05) is 38.4 Å². The van der Waals surface area contributed by atoms with Gasteiger partial charge in [0.2, 0.25) is 11.8 Å². The van der Waals surface area contributed by atoms with E-state index in [4.69, 9.17) is 0 Å². The molecule has 2 saturated heterocycles. The van der Waals surface area contributed by atoms with E-state index in [0.29, 0.717) is 45.1 Å². The molecule has 0 N–H and O–H groups in total. The highest BCUT2D eigenvalue weighted by atomic mass is 32.2. The molecule has 2 heterocycles. The van der Waals surface area contributed by atoms with Gasteiger partial charge in [-0.3, -0.25) is 23.6 Å². The van der Waals surface area contributed by atoms with Crippen molar-refractivity contribution in [2.45, 2.75) is 63.2 Å². The van der Waals surface area contributed by atoms with E-state index in [2.05, 4.69) is 9.98 Å². The van der Waals surface area contributed by atoms with E-state index in [-0.39, 0.29) is 52.4 Å². The summed E-state index contributed by atoms with van der Waals surface area (Å²) in [6.07, 6.45) is -18.5. The lowest BCUT2D eigenvalue weighted by Crippen LogP contribution is -2.38. The third-order valence-corrected chi connectivity index (χ3v) is 10.9. The van der Waals surface area contributed by atoms with Crippen molar-refractivity contribution in [1.82, 2.24) is 9.80 Å². The molecular weight excluding hydrogens is 859 g/mol. The second-order valence-corrected chi connectivity index (χ2v) is 15.0. The molecule has 0 bridgehead atoms. The average molecular weight is 889 g/mol. The van der Waals surface area contributed by atoms with Crippen molar-refractivity contribution < 1.29 is 75.3 Å². The first-order valence-corrected chi connectivity index (χ1v) is 18.3. The second kappa shape index (κ2) is 19.4. The maximum Gasteiger partial charge on any atom is 0.406 e. The first-order chi connectivity index (χ1) is 24.1. The Morgan fingerprint density at radius 1 is 0.673 bits per heavy atom. The topological polar surface area (TPSA) is 82.4 Å². The zero-order valence-corrected chi connectivity index (χ0v) is 29.8. The normalized spacial score (nSPS) is 17.3. The van der Waals surface area contributed by atoms with Crippen LogP contribution in [-0.4, -0.2) is 97.0 Å². The van der Waals surface area contributed by atoms with E-state index in [1.807, 2.05) is 0 Å². The van der Waals surface area contributed by atoms with Crippen molar-refractivity contribution in [3.63, 3.8) is 0 Å². The summed E-state index contributed by atoms with van der Waals surface area (Å²) in [5.41, 5.74) is -0.815. The molecule has 2 aromatic carbocycles. The number of aryl methyl sites for hydroxylation is 2. The van der Waals surface area contributed by atoms with Crippen molar-refractivity contribution in [1.29, 1.82) is 0 Å². The molecule has 0 saturated carbocycles. The number of rotatable bonds is 8. The Bertz CT molecular complexity index is 1800. The molecule has 4 rings (SSSR count). The van der Waals surface area contributed by atoms with Gasteiger partial charge in [0.05, 0.1) is 28.1 Å². The molecule has 1 unspecified atom stereocenters. The predicted octanol–water partition coefficient (Wildman–Crippen LogP) is 10.1. The number of halogens is 14. The van der Waals surface area contributed by atoms with Gasteiger partial charge in [-0.15, -0.1) is 11.8 Å². The summed E-state index contributed by atoms with van der Waals surface area (Å²) in [5.74, 6) is -7.13. The van der Waals surface area contributed by atoms with Crippen molar-refractivity contribution >= 4 is 79.6 Å². The molecule has 2 fully saturated rings. The van der Waals surface area contributed by atoms with Crippen LogP contribution in [-0.2, 0) is 20.4 Å². The number of nitrogens with zero attached hydrogens (tertiary/aromatic N) is 4. The third kappa shape index (κ3) is 15.8. The van der Waals surface area contributed by atoms with Crippen LogP contribution in [0.1, 0.15) is 26.0 Å². The number of aliphatic imine (C=N–C) groups is 2. The van der Waals surface area contributed by atoms with E-state index >= 15 is 0 Å². The Morgan fingerprint density at radius 2 is 1.09 bits per heavy atom. The number of hydrogen-bond acceptors (Lipinski definition) is 8. The van der Waals surface area contributed by atoms with Gasteiger partial charge in [0.25, 0.3) is 0 Å². The highest BCUT2D eigenvalue weighted by molar-refractivity contribution is 8.15. The van der Waals surface area contributed by atoms with Gasteiger partial charge in [0.15, 0.2) is 10.3 Å². The molecule has 0 radical (unpaired) electrons. The Hall–Kier alpha value is -3.06. The molecule has 1 atom stereocenters. The van der Waals surface area contributed by atoms with E-state index in [9.17, 15) is 75.3 Å². The number of benzene rings is 2. The molecule has 2 aromatic rings. The monoisotopic (exact) mass is 888 g/mol. The van der Waals surface area contributed by atoms with Crippen LogP contribution < -0.4 is 0 Å². The van der Waals surface area contributed by atoms with Crippen LogP contribution >= 0.6 is 35.3 Å². The van der Waals surface area contributed by atoms with Gasteiger partial charge < -0.3 is 0 Å². The fourth-order valence-electron chi connectivity index (χ4n) is 4.08. The second-order valence-electron chi connectivity index (χ2n) is 10.7. The standard InChI is InChI=1S/C14H11F7N2O2S2.C14H11F7N2OS2.2CH4/c1-7-2-8(15)9(3-10(7)27(25)6-14(19,20)21)22-12-23(5-13(16,17)18)11(24)4-26-12;1-7-2-8(15)9(3-10(7)26-6-14(19,20)21)22-12-23(5-13(16,17)18)11(24)4-25-12;;/h2-3H,4-6H2,1H3;2-3H,4-6H2,1H3;2*1H4. The molecular formula is C30H30F14N4O3S4. The average Bonchev–Trinajstić information content (AvgIpc) is 3.48. The van der Waals surface area contributed by atoms with Crippen LogP contribution in [0.4, 0.5) is 72.8 Å². The minimum Gasteiger partial charge on any atom is -0.281 e. The van der Waals surface area contributed by atoms with E-state index in [0.717, 1.165) is 24.3 Å². The van der Waals surface area contributed by atoms with Crippen LogP contribution in [0.25, 0.3) is 0 Å². The fourth-order valence-corrected chi connectivity index (χ4v) is 7.78. The third-order valence-electron chi connectivity index (χ3n) is 6.24. The van der Waals surface area contributed by atoms with Gasteiger partial charge in [0.1, 0.15) is 41.9 Å². The Kier molecular flexibility index (Phi) is 17.6. The number of thioether (sulfide) groups is 3. The molecule has 0 aliphatic carbocycles. The summed E-state index contributed by atoms with van der Waals surface area (Å²) >= 11 is 1.76. The maximum absolute atomic E-state index is 14.1. The molecule has 2 aliphatic heterocycles. The Morgan fingerprint density at radius 3 is 1.49 bits per heavy atom. The molecule has 55 heavy (non-hydrogen) atoms. The summed E-state index contributed by atoms with van der Waals surface area (Å²) in [6, 6.07) is 3.56. The largest absolute Gasteiger partial charge is 0.406 e. The van der Waals surface area contributed by atoms with E-state index < -0.39 is 100 Å². The van der Waals surface area contributed by atoms with Crippen molar-refractivity contribution in [3.05, 3.63) is 47.0 Å². The number of alkyl halides is 12. The lowest BCUT2D eigenvalue weighted by molar-refractivity contribution is -0.150. The van der Waals surface area contributed by atoms with Gasteiger partial charge >= 0.3 is 24.7 Å². The lowest BCUT2D eigenvalue weighted by Gasteiger charge is -2.18. The minimum absolute atomic E-state index is 0. The molecule has 310 valence electrons.